The van der Waals surface area contributed by atoms with E-state index in [4.69, 9.17) is 5.73 Å². The van der Waals surface area contributed by atoms with E-state index in [1.54, 1.807) is 6.92 Å². The first-order valence-electron chi connectivity index (χ1n) is 3.05. The summed E-state index contributed by atoms with van der Waals surface area (Å²) in [4.78, 5) is 0. The summed E-state index contributed by atoms with van der Waals surface area (Å²) in [5, 5.41) is 9.24. The first kappa shape index (κ1) is 7.92. The summed E-state index contributed by atoms with van der Waals surface area (Å²) < 4.78 is 0. The van der Waals surface area contributed by atoms with Crippen LogP contribution in [0.2, 0.25) is 0 Å². The normalized spacial score (nSPS) is 18.0. The predicted octanol–water partition coefficient (Wildman–Crippen LogP) is 0.496. The van der Waals surface area contributed by atoms with Gasteiger partial charge in [-0.15, -0.1) is 0 Å². The van der Waals surface area contributed by atoms with Crippen LogP contribution in [0, 0.1) is 0 Å². The van der Waals surface area contributed by atoms with Crippen molar-refractivity contribution in [2.45, 2.75) is 32.3 Å². The zero-order valence-corrected chi connectivity index (χ0v) is 5.65. The van der Waals surface area contributed by atoms with E-state index >= 15 is 0 Å². The molecule has 0 amide bonds. The number of hydrogen-bond donors (Lipinski definition) is 2. The molecule has 0 bridgehead atoms. The summed E-state index contributed by atoms with van der Waals surface area (Å²) in [6, 6.07) is 0. The zero-order valence-electron chi connectivity index (χ0n) is 5.65. The van der Waals surface area contributed by atoms with Crippen LogP contribution in [-0.4, -0.2) is 17.3 Å². The molecule has 0 aliphatic heterocycles. The Morgan fingerprint density at radius 2 is 2.12 bits per heavy atom. The standard InChI is InChI=1S/C6H15NO/c1-3-6(2,8)4-5-7/h8H,3-5,7H2,1-2H3/t6-/m1/s1. The van der Waals surface area contributed by atoms with Crippen molar-refractivity contribution >= 4 is 0 Å². The summed E-state index contributed by atoms with van der Waals surface area (Å²) in [6.45, 7) is 4.33. The molecule has 0 saturated heterocycles. The molecule has 0 aliphatic rings. The third-order valence-electron chi connectivity index (χ3n) is 1.44. The first-order chi connectivity index (χ1) is 3.62. The van der Waals surface area contributed by atoms with Gasteiger partial charge in [0.15, 0.2) is 0 Å². The molecule has 0 spiro atoms. The highest BCUT2D eigenvalue weighted by atomic mass is 16.3. The van der Waals surface area contributed by atoms with E-state index in [0.717, 1.165) is 6.42 Å². The van der Waals surface area contributed by atoms with Crippen LogP contribution in [0.4, 0.5) is 0 Å². The lowest BCUT2D eigenvalue weighted by Gasteiger charge is -2.19. The van der Waals surface area contributed by atoms with Crippen molar-refractivity contribution in [2.24, 2.45) is 5.73 Å². The number of rotatable bonds is 3. The molecule has 0 radical (unpaired) electrons. The molecule has 0 aromatic carbocycles. The highest BCUT2D eigenvalue weighted by molar-refractivity contribution is 4.69. The van der Waals surface area contributed by atoms with Gasteiger partial charge >= 0.3 is 0 Å². The number of hydrogen-bond acceptors (Lipinski definition) is 2. The number of aliphatic hydroxyl groups is 1. The Hall–Kier alpha value is -0.0800. The molecule has 0 heterocycles. The second kappa shape index (κ2) is 3.05. The van der Waals surface area contributed by atoms with Gasteiger partial charge < -0.3 is 10.8 Å². The van der Waals surface area contributed by atoms with Crippen LogP contribution >= 0.6 is 0 Å². The van der Waals surface area contributed by atoms with Crippen LogP contribution in [0.15, 0.2) is 0 Å². The topological polar surface area (TPSA) is 46.2 Å². The first-order valence-corrected chi connectivity index (χ1v) is 3.05. The minimum atomic E-state index is -0.533. The Morgan fingerprint density at radius 1 is 1.62 bits per heavy atom. The molecule has 2 nitrogen and oxygen atoms in total. The minimum Gasteiger partial charge on any atom is -0.390 e. The molecular formula is C6H15NO. The lowest BCUT2D eigenvalue weighted by atomic mass is 10.00. The van der Waals surface area contributed by atoms with E-state index in [2.05, 4.69) is 0 Å². The molecule has 8 heavy (non-hydrogen) atoms. The van der Waals surface area contributed by atoms with Crippen LogP contribution in [-0.2, 0) is 0 Å². The molecule has 0 aromatic rings. The van der Waals surface area contributed by atoms with E-state index < -0.39 is 5.60 Å². The monoisotopic (exact) mass is 117 g/mol. The van der Waals surface area contributed by atoms with E-state index in [1.165, 1.54) is 0 Å². The van der Waals surface area contributed by atoms with Gasteiger partial charge in [-0.1, -0.05) is 6.92 Å². The third-order valence-corrected chi connectivity index (χ3v) is 1.44. The average molecular weight is 117 g/mol. The molecular weight excluding hydrogens is 102 g/mol. The SMILES string of the molecule is CC[C@@](C)(O)CCN. The highest BCUT2D eigenvalue weighted by Gasteiger charge is 2.14. The van der Waals surface area contributed by atoms with Crippen molar-refractivity contribution in [3.05, 3.63) is 0 Å². The summed E-state index contributed by atoms with van der Waals surface area (Å²) >= 11 is 0. The van der Waals surface area contributed by atoms with Crippen LogP contribution in [0.25, 0.3) is 0 Å². The van der Waals surface area contributed by atoms with E-state index in [9.17, 15) is 5.11 Å². The Kier molecular flexibility index (Phi) is 3.02. The van der Waals surface area contributed by atoms with Crippen molar-refractivity contribution in [2.75, 3.05) is 6.54 Å². The van der Waals surface area contributed by atoms with Crippen LogP contribution in [0.3, 0.4) is 0 Å². The van der Waals surface area contributed by atoms with E-state index in [-0.39, 0.29) is 0 Å². The van der Waals surface area contributed by atoms with Crippen LogP contribution in [0.1, 0.15) is 26.7 Å². The second-order valence-electron chi connectivity index (χ2n) is 2.39. The minimum absolute atomic E-state index is 0.533. The van der Waals surface area contributed by atoms with Gasteiger partial charge in [0.1, 0.15) is 0 Å². The highest BCUT2D eigenvalue weighted by Crippen LogP contribution is 2.11. The molecule has 3 N–H and O–H groups in total. The van der Waals surface area contributed by atoms with Gasteiger partial charge in [-0.3, -0.25) is 0 Å². The summed E-state index contributed by atoms with van der Waals surface area (Å²) in [7, 11) is 0. The zero-order chi connectivity index (χ0) is 6.62. The molecule has 50 valence electrons. The maximum absolute atomic E-state index is 9.24. The van der Waals surface area contributed by atoms with Crippen molar-refractivity contribution < 1.29 is 5.11 Å². The Bertz CT molecular complexity index is 61.5. The van der Waals surface area contributed by atoms with Crippen LogP contribution in [0.5, 0.6) is 0 Å². The molecule has 0 unspecified atom stereocenters. The van der Waals surface area contributed by atoms with Crippen molar-refractivity contribution in [3.63, 3.8) is 0 Å². The lowest BCUT2D eigenvalue weighted by molar-refractivity contribution is 0.0496. The van der Waals surface area contributed by atoms with Gasteiger partial charge in [-0.2, -0.15) is 0 Å². The van der Waals surface area contributed by atoms with Gasteiger partial charge in [0.2, 0.25) is 0 Å². The third kappa shape index (κ3) is 2.99. The van der Waals surface area contributed by atoms with Gasteiger partial charge in [-0.05, 0) is 26.3 Å². The van der Waals surface area contributed by atoms with Crippen molar-refractivity contribution in [1.82, 2.24) is 0 Å². The molecule has 0 saturated carbocycles. The van der Waals surface area contributed by atoms with Gasteiger partial charge in [-0.25, -0.2) is 0 Å². The van der Waals surface area contributed by atoms with E-state index in [1.807, 2.05) is 6.92 Å². The van der Waals surface area contributed by atoms with E-state index in [0.29, 0.717) is 13.0 Å². The fraction of sp³-hybridized carbons (Fsp3) is 1.00. The van der Waals surface area contributed by atoms with Crippen molar-refractivity contribution in [3.8, 4) is 0 Å². The number of nitrogens with two attached hydrogens (primary N) is 1. The fourth-order valence-electron chi connectivity index (χ4n) is 0.488. The summed E-state index contributed by atoms with van der Waals surface area (Å²) in [5.41, 5.74) is 4.70. The van der Waals surface area contributed by atoms with Crippen LogP contribution < -0.4 is 5.73 Å². The molecule has 0 fully saturated rings. The van der Waals surface area contributed by atoms with Gasteiger partial charge in [0.25, 0.3) is 0 Å². The quantitative estimate of drug-likeness (QED) is 0.565. The Balaban J connectivity index is 3.37. The summed E-state index contributed by atoms with van der Waals surface area (Å²) in [6.07, 6.45) is 1.48. The van der Waals surface area contributed by atoms with Gasteiger partial charge in [0, 0.05) is 0 Å². The fourth-order valence-corrected chi connectivity index (χ4v) is 0.488. The average Bonchev–Trinajstić information content (AvgIpc) is 1.67. The molecule has 1 atom stereocenters. The molecule has 0 rings (SSSR count). The summed E-state index contributed by atoms with van der Waals surface area (Å²) in [5.74, 6) is 0. The predicted molar refractivity (Wildman–Crippen MR) is 34.6 cm³/mol. The smallest absolute Gasteiger partial charge is 0.0629 e. The second-order valence-corrected chi connectivity index (χ2v) is 2.39. The largest absolute Gasteiger partial charge is 0.390 e. The Labute approximate surface area is 50.7 Å². The molecule has 0 aliphatic carbocycles. The van der Waals surface area contributed by atoms with Gasteiger partial charge in [0.05, 0.1) is 5.60 Å². The van der Waals surface area contributed by atoms with Crippen molar-refractivity contribution in [1.29, 1.82) is 0 Å². The lowest BCUT2D eigenvalue weighted by Crippen LogP contribution is -2.26. The molecule has 2 heteroatoms. The maximum atomic E-state index is 9.24. The Morgan fingerprint density at radius 3 is 2.25 bits per heavy atom. The maximum Gasteiger partial charge on any atom is 0.0629 e. The molecule has 0 aromatic heterocycles.